The van der Waals surface area contributed by atoms with Gasteiger partial charge in [0.15, 0.2) is 0 Å². The minimum absolute atomic E-state index is 0.0764. The molecule has 1 saturated heterocycles. The first kappa shape index (κ1) is 11.0. The molecule has 0 aromatic carbocycles. The van der Waals surface area contributed by atoms with E-state index in [-0.39, 0.29) is 12.0 Å². The van der Waals surface area contributed by atoms with Crippen molar-refractivity contribution in [2.45, 2.75) is 25.9 Å². The van der Waals surface area contributed by atoms with E-state index in [0.29, 0.717) is 6.54 Å². The van der Waals surface area contributed by atoms with Gasteiger partial charge in [0.1, 0.15) is 6.33 Å². The molecule has 86 valence electrons. The number of carboxylic acids is 1. The van der Waals surface area contributed by atoms with Gasteiger partial charge in [0.25, 0.3) is 0 Å². The lowest BCUT2D eigenvalue weighted by molar-refractivity contribution is -0.142. The van der Waals surface area contributed by atoms with Crippen molar-refractivity contribution in [1.29, 1.82) is 0 Å². The maximum Gasteiger partial charge on any atom is 0.308 e. The molecule has 0 saturated carbocycles. The predicted molar refractivity (Wildman–Crippen MR) is 57.6 cm³/mol. The molecule has 2 unspecified atom stereocenters. The van der Waals surface area contributed by atoms with Crippen LogP contribution >= 0.6 is 0 Å². The van der Waals surface area contributed by atoms with E-state index < -0.39 is 5.97 Å². The first-order chi connectivity index (χ1) is 7.68. The number of hydrogen-bond donors (Lipinski definition) is 1. The van der Waals surface area contributed by atoms with Gasteiger partial charge in [-0.25, -0.2) is 9.97 Å². The van der Waals surface area contributed by atoms with Gasteiger partial charge in [-0.2, -0.15) is 0 Å². The van der Waals surface area contributed by atoms with Gasteiger partial charge in [-0.15, -0.1) is 0 Å². The van der Waals surface area contributed by atoms with Gasteiger partial charge in [0, 0.05) is 18.8 Å². The van der Waals surface area contributed by atoms with Gasteiger partial charge in [0.05, 0.1) is 11.6 Å². The summed E-state index contributed by atoms with van der Waals surface area (Å²) in [7, 11) is 0. The Morgan fingerprint density at radius 3 is 3.06 bits per heavy atom. The van der Waals surface area contributed by atoms with Gasteiger partial charge in [-0.05, 0) is 26.0 Å². The number of nitrogens with zero attached hydrogens (tertiary/aromatic N) is 3. The molecule has 0 radical (unpaired) electrons. The van der Waals surface area contributed by atoms with Crippen molar-refractivity contribution in [3.63, 3.8) is 0 Å². The summed E-state index contributed by atoms with van der Waals surface area (Å²) in [5, 5.41) is 9.02. The summed E-state index contributed by atoms with van der Waals surface area (Å²) in [6.07, 6.45) is 3.95. The maximum absolute atomic E-state index is 11.0. The van der Waals surface area contributed by atoms with Gasteiger partial charge in [-0.1, -0.05) is 0 Å². The Morgan fingerprint density at radius 2 is 2.50 bits per heavy atom. The summed E-state index contributed by atoms with van der Waals surface area (Å²) in [5.74, 6) is -0.945. The predicted octanol–water partition coefficient (Wildman–Crippen LogP) is 0.772. The molecule has 1 aliphatic rings. The van der Waals surface area contributed by atoms with Crippen molar-refractivity contribution in [3.8, 4) is 0 Å². The molecule has 0 spiro atoms. The fraction of sp³-hybridized carbons (Fsp3) is 0.545. The molecule has 5 heteroatoms. The quantitative estimate of drug-likeness (QED) is 0.816. The van der Waals surface area contributed by atoms with Crippen LogP contribution in [0.25, 0.3) is 0 Å². The lowest BCUT2D eigenvalue weighted by Gasteiger charge is -2.22. The number of carbonyl (C=O) groups is 1. The van der Waals surface area contributed by atoms with E-state index in [1.807, 2.05) is 13.0 Å². The highest BCUT2D eigenvalue weighted by Crippen LogP contribution is 2.25. The molecule has 1 aromatic rings. The zero-order valence-electron chi connectivity index (χ0n) is 9.21. The zero-order chi connectivity index (χ0) is 11.5. The monoisotopic (exact) mass is 221 g/mol. The molecule has 16 heavy (non-hydrogen) atoms. The molecule has 1 N–H and O–H groups in total. The molecule has 2 rings (SSSR count). The van der Waals surface area contributed by atoms with Crippen molar-refractivity contribution in [3.05, 3.63) is 24.3 Å². The van der Waals surface area contributed by atoms with Gasteiger partial charge in [-0.3, -0.25) is 9.69 Å². The third kappa shape index (κ3) is 2.19. The lowest BCUT2D eigenvalue weighted by Crippen LogP contribution is -2.32. The first-order valence-corrected chi connectivity index (χ1v) is 5.40. The number of hydrogen-bond acceptors (Lipinski definition) is 4. The lowest BCUT2D eigenvalue weighted by atomic mass is 10.0. The van der Waals surface area contributed by atoms with Crippen LogP contribution in [0.2, 0.25) is 0 Å². The van der Waals surface area contributed by atoms with E-state index >= 15 is 0 Å². The third-order valence-electron chi connectivity index (χ3n) is 3.21. The van der Waals surface area contributed by atoms with E-state index in [1.54, 1.807) is 6.20 Å². The summed E-state index contributed by atoms with van der Waals surface area (Å²) in [4.78, 5) is 21.1. The molecule has 0 bridgehead atoms. The molecule has 1 aromatic heterocycles. The SMILES string of the molecule is CC1C(C(=O)O)CCN1Cc1ccncn1. The molecule has 2 atom stereocenters. The van der Waals surface area contributed by atoms with E-state index in [0.717, 1.165) is 18.7 Å². The average Bonchev–Trinajstić information content (AvgIpc) is 2.62. The van der Waals surface area contributed by atoms with Crippen LogP contribution in [0.1, 0.15) is 19.0 Å². The van der Waals surface area contributed by atoms with Crippen molar-refractivity contribution >= 4 is 5.97 Å². The smallest absolute Gasteiger partial charge is 0.308 e. The van der Waals surface area contributed by atoms with Crippen molar-refractivity contribution in [1.82, 2.24) is 14.9 Å². The Hall–Kier alpha value is -1.49. The molecule has 1 aliphatic heterocycles. The summed E-state index contributed by atoms with van der Waals surface area (Å²) < 4.78 is 0. The number of aromatic nitrogens is 2. The van der Waals surface area contributed by atoms with Crippen LogP contribution < -0.4 is 0 Å². The molecular weight excluding hydrogens is 206 g/mol. The average molecular weight is 221 g/mol. The molecule has 1 fully saturated rings. The normalized spacial score (nSPS) is 25.8. The fourth-order valence-corrected chi connectivity index (χ4v) is 2.18. The van der Waals surface area contributed by atoms with Crippen LogP contribution in [-0.2, 0) is 11.3 Å². The van der Waals surface area contributed by atoms with Crippen LogP contribution in [-0.4, -0.2) is 38.5 Å². The van der Waals surface area contributed by atoms with Crippen LogP contribution in [0.15, 0.2) is 18.6 Å². The topological polar surface area (TPSA) is 66.3 Å². The Kier molecular flexibility index (Phi) is 3.14. The molecule has 2 heterocycles. The summed E-state index contributed by atoms with van der Waals surface area (Å²) in [5.41, 5.74) is 0.938. The molecule has 0 amide bonds. The second kappa shape index (κ2) is 4.57. The van der Waals surface area contributed by atoms with Crippen LogP contribution in [0.4, 0.5) is 0 Å². The number of carboxylic acid groups (broad SMARTS) is 1. The molecular formula is C11H15N3O2. The third-order valence-corrected chi connectivity index (χ3v) is 3.21. The largest absolute Gasteiger partial charge is 0.481 e. The van der Waals surface area contributed by atoms with E-state index in [9.17, 15) is 4.79 Å². The number of aliphatic carboxylic acids is 1. The van der Waals surface area contributed by atoms with Crippen molar-refractivity contribution in [2.24, 2.45) is 5.92 Å². The summed E-state index contributed by atoms with van der Waals surface area (Å²) in [6.45, 7) is 3.49. The minimum atomic E-state index is -0.697. The highest BCUT2D eigenvalue weighted by Gasteiger charge is 2.35. The maximum atomic E-state index is 11.0. The Bertz CT molecular complexity index is 369. The van der Waals surface area contributed by atoms with Crippen molar-refractivity contribution in [2.75, 3.05) is 6.54 Å². The van der Waals surface area contributed by atoms with Crippen LogP contribution in [0, 0.1) is 5.92 Å². The van der Waals surface area contributed by atoms with E-state index in [4.69, 9.17) is 5.11 Å². The Morgan fingerprint density at radius 1 is 1.69 bits per heavy atom. The minimum Gasteiger partial charge on any atom is -0.481 e. The Balaban J connectivity index is 2.00. The summed E-state index contributed by atoms with van der Waals surface area (Å²) in [6, 6.07) is 1.94. The Labute approximate surface area is 94.1 Å². The van der Waals surface area contributed by atoms with Gasteiger partial charge in [0.2, 0.25) is 0 Å². The van der Waals surface area contributed by atoms with Gasteiger partial charge < -0.3 is 5.11 Å². The molecule has 0 aliphatic carbocycles. The van der Waals surface area contributed by atoms with Gasteiger partial charge >= 0.3 is 5.97 Å². The standard InChI is InChI=1S/C11H15N3O2/c1-8-10(11(15)16)3-5-14(8)6-9-2-4-12-7-13-9/h2,4,7-8,10H,3,5-6H2,1H3,(H,15,16). The van der Waals surface area contributed by atoms with Crippen LogP contribution in [0.5, 0.6) is 0 Å². The second-order valence-electron chi connectivity index (χ2n) is 4.15. The van der Waals surface area contributed by atoms with E-state index in [1.165, 1.54) is 6.33 Å². The summed E-state index contributed by atoms with van der Waals surface area (Å²) >= 11 is 0. The zero-order valence-corrected chi connectivity index (χ0v) is 9.21. The number of rotatable bonds is 3. The highest BCUT2D eigenvalue weighted by molar-refractivity contribution is 5.71. The van der Waals surface area contributed by atoms with Crippen molar-refractivity contribution < 1.29 is 9.90 Å². The first-order valence-electron chi connectivity index (χ1n) is 5.40. The highest BCUT2D eigenvalue weighted by atomic mass is 16.4. The molecule has 5 nitrogen and oxygen atoms in total. The van der Waals surface area contributed by atoms with E-state index in [2.05, 4.69) is 14.9 Å². The van der Waals surface area contributed by atoms with Crippen LogP contribution in [0.3, 0.4) is 0 Å². The number of likely N-dealkylation sites (tertiary alicyclic amines) is 1. The second-order valence-corrected chi connectivity index (χ2v) is 4.15. The fourth-order valence-electron chi connectivity index (χ4n) is 2.18.